The largest absolute Gasteiger partial charge is 0.257 e. The third-order valence-corrected chi connectivity index (χ3v) is 2.87. The van der Waals surface area contributed by atoms with E-state index >= 15 is 0 Å². The normalized spacial score (nSPS) is 19.5. The molecule has 6 heteroatoms. The molecule has 4 nitrogen and oxygen atoms in total. The van der Waals surface area contributed by atoms with Crippen molar-refractivity contribution in [1.82, 2.24) is 10.9 Å². The monoisotopic (exact) mass is 312 g/mol. The molecule has 2 aromatic carbocycles. The van der Waals surface area contributed by atoms with Crippen molar-refractivity contribution in [2.75, 3.05) is 0 Å². The minimum Gasteiger partial charge on any atom is -0.257 e. The second-order valence-electron chi connectivity index (χ2n) is 3.52. The van der Waals surface area contributed by atoms with E-state index < -0.39 is 48.3 Å². The first kappa shape index (κ1) is 6.61. The lowest BCUT2D eigenvalue weighted by Gasteiger charge is -2.16. The van der Waals surface area contributed by atoms with Gasteiger partial charge in [0.1, 0.15) is 0 Å². The predicted molar refractivity (Wildman–Crippen MR) is 82.2 cm³/mol. The molecule has 0 unspecified atom stereocenters. The Bertz CT molecular complexity index is 942. The van der Waals surface area contributed by atoms with Gasteiger partial charge < -0.3 is 0 Å². The molecule has 0 bridgehead atoms. The third kappa shape index (κ3) is 2.48. The van der Waals surface area contributed by atoms with Crippen molar-refractivity contribution in [1.29, 1.82) is 0 Å². The summed E-state index contributed by atoms with van der Waals surface area (Å²) >= 11 is 12.1. The Morgan fingerprint density at radius 1 is 0.750 bits per heavy atom. The standard InChI is InChI=1S/C14H10Cl2N4/c15-11-7-3-1-5-9(11)13-17-19-14(20-18-13)10-6-2-4-8-12(10)16/h1-8H,(H,17,18)(H,19,20)/i1D,2D,3D,4D,5D,6D,7D,8D. The van der Waals surface area contributed by atoms with Crippen LogP contribution in [0.1, 0.15) is 22.1 Å². The zero-order chi connectivity index (χ0) is 20.9. The maximum Gasteiger partial charge on any atom is 0.175 e. The Morgan fingerprint density at radius 3 is 1.55 bits per heavy atom. The first-order valence-electron chi connectivity index (χ1n) is 9.27. The number of amidine groups is 2. The lowest BCUT2D eigenvalue weighted by molar-refractivity contribution is 0.883. The van der Waals surface area contributed by atoms with Gasteiger partial charge in [-0.2, -0.15) is 10.2 Å². The number of halogens is 2. The van der Waals surface area contributed by atoms with E-state index in [1.54, 1.807) is 0 Å². The van der Waals surface area contributed by atoms with Gasteiger partial charge in [0.2, 0.25) is 0 Å². The van der Waals surface area contributed by atoms with Crippen molar-refractivity contribution < 1.29 is 11.0 Å². The number of nitrogens with one attached hydrogen (secondary N) is 2. The summed E-state index contributed by atoms with van der Waals surface area (Å²) in [6.45, 7) is 0. The molecule has 0 saturated heterocycles. The first-order valence-corrected chi connectivity index (χ1v) is 6.03. The number of rotatable bonds is 2. The number of hydrazone groups is 2. The van der Waals surface area contributed by atoms with E-state index in [9.17, 15) is 0 Å². The summed E-state index contributed by atoms with van der Waals surface area (Å²) in [6, 6.07) is -3.67. The van der Waals surface area contributed by atoms with Crippen LogP contribution in [0.5, 0.6) is 0 Å². The van der Waals surface area contributed by atoms with Gasteiger partial charge in [0.15, 0.2) is 11.7 Å². The zero-order valence-corrected chi connectivity index (χ0v) is 11.2. The molecule has 3 rings (SSSR count). The minimum atomic E-state index is -0.496. The smallest absolute Gasteiger partial charge is 0.175 e. The molecule has 1 aliphatic rings. The van der Waals surface area contributed by atoms with Gasteiger partial charge in [-0.05, 0) is 24.2 Å². The van der Waals surface area contributed by atoms with E-state index in [1.807, 2.05) is 0 Å². The summed E-state index contributed by atoms with van der Waals surface area (Å²) in [5.74, 6) is -0.199. The van der Waals surface area contributed by atoms with Gasteiger partial charge in [-0.25, -0.2) is 0 Å². The molecule has 2 aromatic rings. The van der Waals surface area contributed by atoms with Crippen molar-refractivity contribution in [2.45, 2.75) is 0 Å². The van der Waals surface area contributed by atoms with Crippen LogP contribution in [0.15, 0.2) is 58.5 Å². The Hall–Kier alpha value is -2.04. The summed E-state index contributed by atoms with van der Waals surface area (Å²) in [5.41, 5.74) is 4.74. The molecular formula is C14H10Cl2N4. The minimum absolute atomic E-state index is 0.0993. The van der Waals surface area contributed by atoms with E-state index in [4.69, 9.17) is 34.2 Å². The molecule has 0 amide bonds. The molecule has 0 saturated carbocycles. The summed E-state index contributed by atoms with van der Waals surface area (Å²) in [6.07, 6.45) is 0. The van der Waals surface area contributed by atoms with Crippen LogP contribution >= 0.6 is 23.2 Å². The molecule has 0 aromatic heterocycles. The maximum absolute atomic E-state index is 7.98. The van der Waals surface area contributed by atoms with Crippen molar-refractivity contribution in [3.05, 3.63) is 69.5 Å². The third-order valence-electron chi connectivity index (χ3n) is 2.30. The topological polar surface area (TPSA) is 48.8 Å². The van der Waals surface area contributed by atoms with Crippen LogP contribution in [-0.4, -0.2) is 11.7 Å². The number of hydrogen-bond donors (Lipinski definition) is 2. The van der Waals surface area contributed by atoms with Gasteiger partial charge in [0, 0.05) is 11.1 Å². The van der Waals surface area contributed by atoms with E-state index in [2.05, 4.69) is 21.1 Å². The van der Waals surface area contributed by atoms with Crippen molar-refractivity contribution >= 4 is 34.9 Å². The summed E-state index contributed by atoms with van der Waals surface area (Å²) in [7, 11) is 0. The molecule has 20 heavy (non-hydrogen) atoms. The van der Waals surface area contributed by atoms with Gasteiger partial charge in [-0.15, -0.1) is 0 Å². The molecule has 0 spiro atoms. The molecule has 1 heterocycles. The Labute approximate surface area is 137 Å². The Balaban J connectivity index is 2.04. The molecule has 0 atom stereocenters. The Morgan fingerprint density at radius 2 is 1.15 bits per heavy atom. The lowest BCUT2D eigenvalue weighted by Crippen LogP contribution is -2.34. The van der Waals surface area contributed by atoms with Gasteiger partial charge in [-0.1, -0.05) is 47.4 Å². The van der Waals surface area contributed by atoms with E-state index in [0.29, 0.717) is 0 Å². The van der Waals surface area contributed by atoms with Crippen LogP contribution in [0, 0.1) is 0 Å². The average molecular weight is 313 g/mol. The van der Waals surface area contributed by atoms with Crippen LogP contribution < -0.4 is 10.9 Å². The zero-order valence-electron chi connectivity index (χ0n) is 17.7. The molecule has 100 valence electrons. The second kappa shape index (κ2) is 5.53. The van der Waals surface area contributed by atoms with E-state index in [1.165, 1.54) is 0 Å². The van der Waals surface area contributed by atoms with Gasteiger partial charge in [-0.3, -0.25) is 10.9 Å². The SMILES string of the molecule is [2H]c1c([2H])c([2H])c(C2=NNC(c3c([2H])c([2H])c([2H])c([2H])c3Cl)=NN2)c(Cl)c1[2H]. The first-order chi connectivity index (χ1) is 13.1. The quantitative estimate of drug-likeness (QED) is 0.894. The highest BCUT2D eigenvalue weighted by Crippen LogP contribution is 2.18. The van der Waals surface area contributed by atoms with Gasteiger partial charge >= 0.3 is 0 Å². The fraction of sp³-hybridized carbons (Fsp3) is 0. The molecule has 1 aliphatic heterocycles. The highest BCUT2D eigenvalue weighted by atomic mass is 35.5. The molecule has 0 aliphatic carbocycles. The second-order valence-corrected chi connectivity index (χ2v) is 4.28. The number of hydrogen-bond acceptors (Lipinski definition) is 4. The maximum atomic E-state index is 7.98. The summed E-state index contributed by atoms with van der Waals surface area (Å²) < 4.78 is 62.2. The fourth-order valence-electron chi connectivity index (χ4n) is 1.41. The van der Waals surface area contributed by atoms with Crippen molar-refractivity contribution in [3.8, 4) is 0 Å². The van der Waals surface area contributed by atoms with Crippen LogP contribution in [-0.2, 0) is 0 Å². The van der Waals surface area contributed by atoms with Crippen molar-refractivity contribution in [2.24, 2.45) is 10.2 Å². The van der Waals surface area contributed by atoms with E-state index in [-0.39, 0.29) is 32.8 Å². The number of nitrogens with zero attached hydrogens (tertiary/aromatic N) is 2. The van der Waals surface area contributed by atoms with E-state index in [0.717, 1.165) is 0 Å². The van der Waals surface area contributed by atoms with Gasteiger partial charge in [0.25, 0.3) is 0 Å². The summed E-state index contributed by atoms with van der Waals surface area (Å²) in [4.78, 5) is 0. The van der Waals surface area contributed by atoms with Gasteiger partial charge in [0.05, 0.1) is 21.0 Å². The predicted octanol–water partition coefficient (Wildman–Crippen LogP) is 3.21. The van der Waals surface area contributed by atoms with Crippen LogP contribution in [0.2, 0.25) is 10.0 Å². The molecule has 2 N–H and O–H groups in total. The van der Waals surface area contributed by atoms with Crippen LogP contribution in [0.3, 0.4) is 0 Å². The van der Waals surface area contributed by atoms with Crippen LogP contribution in [0.4, 0.5) is 0 Å². The molecule has 0 fully saturated rings. The lowest BCUT2D eigenvalue weighted by atomic mass is 10.2. The fourth-order valence-corrected chi connectivity index (χ4v) is 1.78. The molecular weight excluding hydrogens is 295 g/mol. The number of benzene rings is 2. The summed E-state index contributed by atoms with van der Waals surface area (Å²) in [5, 5.41) is 7.37. The van der Waals surface area contributed by atoms with Crippen molar-refractivity contribution in [3.63, 3.8) is 0 Å². The average Bonchev–Trinajstić information content (AvgIpc) is 2.69. The molecule has 0 radical (unpaired) electrons. The highest BCUT2D eigenvalue weighted by Gasteiger charge is 2.14. The highest BCUT2D eigenvalue weighted by molar-refractivity contribution is 6.35. The van der Waals surface area contributed by atoms with Crippen LogP contribution in [0.25, 0.3) is 0 Å². The Kier molecular flexibility index (Phi) is 1.83.